The van der Waals surface area contributed by atoms with Crippen LogP contribution in [0, 0.1) is 5.82 Å². The highest BCUT2D eigenvalue weighted by Crippen LogP contribution is 2.22. The van der Waals surface area contributed by atoms with Crippen molar-refractivity contribution in [3.05, 3.63) is 95.8 Å². The largest absolute Gasteiger partial charge is 0.322 e. The standard InChI is InChI=1S/C21H15ClFN5O3S/c22-19-11-18(9-10-20(19)23)32(30,31)27-16-3-1-14(2-4-16)21(29)26-15-5-7-17(8-6-15)28-13-24-12-25-28/h1-13,27H,(H,26,29). The molecule has 162 valence electrons. The Hall–Kier alpha value is -3.76. The maximum atomic E-state index is 13.3. The van der Waals surface area contributed by atoms with Gasteiger partial charge in [-0.15, -0.1) is 0 Å². The second kappa shape index (κ2) is 8.77. The highest BCUT2D eigenvalue weighted by Gasteiger charge is 2.16. The average molecular weight is 472 g/mol. The minimum Gasteiger partial charge on any atom is -0.322 e. The topological polar surface area (TPSA) is 106 Å². The summed E-state index contributed by atoms with van der Waals surface area (Å²) < 4.78 is 42.1. The van der Waals surface area contributed by atoms with Gasteiger partial charge in [0.05, 0.1) is 15.6 Å². The number of carbonyl (C=O) groups excluding carboxylic acids is 1. The number of amides is 1. The second-order valence-electron chi connectivity index (χ2n) is 6.60. The normalized spacial score (nSPS) is 11.2. The summed E-state index contributed by atoms with van der Waals surface area (Å²) in [5.74, 6) is -1.08. The van der Waals surface area contributed by atoms with Crippen molar-refractivity contribution in [3.8, 4) is 5.69 Å². The molecule has 11 heteroatoms. The molecule has 1 amide bonds. The molecule has 1 aromatic heterocycles. The lowest BCUT2D eigenvalue weighted by Crippen LogP contribution is -2.14. The Labute approximate surface area is 187 Å². The number of sulfonamides is 1. The van der Waals surface area contributed by atoms with E-state index < -0.39 is 15.8 Å². The van der Waals surface area contributed by atoms with E-state index in [2.05, 4.69) is 20.1 Å². The zero-order chi connectivity index (χ0) is 22.7. The molecule has 0 radical (unpaired) electrons. The van der Waals surface area contributed by atoms with Crippen LogP contribution >= 0.6 is 11.6 Å². The van der Waals surface area contributed by atoms with Crippen molar-refractivity contribution in [3.63, 3.8) is 0 Å². The van der Waals surface area contributed by atoms with Gasteiger partial charge in [0.15, 0.2) is 0 Å². The zero-order valence-corrected chi connectivity index (χ0v) is 17.8. The van der Waals surface area contributed by atoms with Gasteiger partial charge in [0.1, 0.15) is 18.5 Å². The van der Waals surface area contributed by atoms with Crippen LogP contribution in [0.15, 0.2) is 84.3 Å². The number of hydrogen-bond donors (Lipinski definition) is 2. The predicted octanol–water partition coefficient (Wildman–Crippen LogP) is 4.11. The number of nitrogens with zero attached hydrogens (tertiary/aromatic N) is 3. The number of nitrogens with one attached hydrogen (secondary N) is 2. The first kappa shape index (κ1) is 21.5. The molecule has 3 aromatic carbocycles. The van der Waals surface area contributed by atoms with Gasteiger partial charge < -0.3 is 5.32 Å². The molecule has 0 atom stereocenters. The van der Waals surface area contributed by atoms with Crippen molar-refractivity contribution in [1.82, 2.24) is 14.8 Å². The van der Waals surface area contributed by atoms with E-state index in [0.717, 1.165) is 23.9 Å². The molecule has 4 rings (SSSR count). The van der Waals surface area contributed by atoms with Crippen molar-refractivity contribution in [1.29, 1.82) is 0 Å². The first-order valence-corrected chi connectivity index (χ1v) is 11.0. The molecule has 0 fully saturated rings. The first-order valence-electron chi connectivity index (χ1n) is 9.16. The zero-order valence-electron chi connectivity index (χ0n) is 16.2. The van der Waals surface area contributed by atoms with Crippen molar-refractivity contribution >= 4 is 38.9 Å². The van der Waals surface area contributed by atoms with Crippen LogP contribution in [0.2, 0.25) is 5.02 Å². The first-order chi connectivity index (χ1) is 15.3. The smallest absolute Gasteiger partial charge is 0.261 e. The lowest BCUT2D eigenvalue weighted by Gasteiger charge is -2.10. The highest BCUT2D eigenvalue weighted by molar-refractivity contribution is 7.92. The van der Waals surface area contributed by atoms with E-state index in [9.17, 15) is 17.6 Å². The molecule has 0 aliphatic carbocycles. The molecular weight excluding hydrogens is 457 g/mol. The van der Waals surface area contributed by atoms with Gasteiger partial charge in [-0.05, 0) is 66.7 Å². The van der Waals surface area contributed by atoms with Gasteiger partial charge in [-0.25, -0.2) is 22.5 Å². The number of halogens is 2. The summed E-state index contributed by atoms with van der Waals surface area (Å²) in [6.07, 6.45) is 2.99. The molecule has 4 aromatic rings. The molecular formula is C21H15ClFN5O3S. The van der Waals surface area contributed by atoms with Crippen LogP contribution < -0.4 is 10.0 Å². The van der Waals surface area contributed by atoms with Crippen molar-refractivity contribution in [2.24, 2.45) is 0 Å². The number of rotatable bonds is 6. The van der Waals surface area contributed by atoms with E-state index in [1.807, 2.05) is 0 Å². The van der Waals surface area contributed by atoms with Crippen LogP contribution in [0.5, 0.6) is 0 Å². The molecule has 8 nitrogen and oxygen atoms in total. The Bertz CT molecular complexity index is 1360. The summed E-state index contributed by atoms with van der Waals surface area (Å²) in [4.78, 5) is 16.2. The van der Waals surface area contributed by atoms with E-state index >= 15 is 0 Å². The second-order valence-corrected chi connectivity index (χ2v) is 8.69. The lowest BCUT2D eigenvalue weighted by atomic mass is 10.2. The summed E-state index contributed by atoms with van der Waals surface area (Å²) in [6.45, 7) is 0. The third-order valence-electron chi connectivity index (χ3n) is 4.41. The minimum absolute atomic E-state index is 0.181. The Kier molecular flexibility index (Phi) is 5.89. The molecule has 0 bridgehead atoms. The number of anilines is 2. The van der Waals surface area contributed by atoms with E-state index in [1.165, 1.54) is 30.6 Å². The molecule has 32 heavy (non-hydrogen) atoms. The van der Waals surface area contributed by atoms with Crippen LogP contribution in [-0.4, -0.2) is 29.1 Å². The van der Waals surface area contributed by atoms with Crippen LogP contribution in [-0.2, 0) is 10.0 Å². The molecule has 0 saturated heterocycles. The van der Waals surface area contributed by atoms with Gasteiger partial charge in [-0.1, -0.05) is 11.6 Å². The maximum Gasteiger partial charge on any atom is 0.261 e. The number of benzene rings is 3. The fourth-order valence-electron chi connectivity index (χ4n) is 2.79. The van der Waals surface area contributed by atoms with Crippen molar-refractivity contribution < 1.29 is 17.6 Å². The van der Waals surface area contributed by atoms with Crippen LogP contribution in [0.3, 0.4) is 0 Å². The van der Waals surface area contributed by atoms with Gasteiger partial charge in [0.2, 0.25) is 0 Å². The summed E-state index contributed by atoms with van der Waals surface area (Å²) in [7, 11) is -3.97. The Morgan fingerprint density at radius 1 is 0.969 bits per heavy atom. The Balaban J connectivity index is 1.42. The maximum absolute atomic E-state index is 13.3. The summed E-state index contributed by atoms with van der Waals surface area (Å²) in [5, 5.41) is 6.50. The molecule has 0 saturated carbocycles. The van der Waals surface area contributed by atoms with E-state index in [4.69, 9.17) is 11.6 Å². The summed E-state index contributed by atoms with van der Waals surface area (Å²) in [6, 6.07) is 16.0. The lowest BCUT2D eigenvalue weighted by molar-refractivity contribution is 0.102. The summed E-state index contributed by atoms with van der Waals surface area (Å²) >= 11 is 5.66. The highest BCUT2D eigenvalue weighted by atomic mass is 35.5. The Morgan fingerprint density at radius 3 is 2.28 bits per heavy atom. The van der Waals surface area contributed by atoms with Crippen molar-refractivity contribution in [2.45, 2.75) is 4.90 Å². The third-order valence-corrected chi connectivity index (χ3v) is 6.08. The fourth-order valence-corrected chi connectivity index (χ4v) is 4.12. The van der Waals surface area contributed by atoms with Gasteiger partial charge in [0.25, 0.3) is 15.9 Å². The van der Waals surface area contributed by atoms with Gasteiger partial charge in [0, 0.05) is 16.9 Å². The predicted molar refractivity (Wildman–Crippen MR) is 118 cm³/mol. The fraction of sp³-hybridized carbons (Fsp3) is 0. The number of hydrogen-bond acceptors (Lipinski definition) is 5. The minimum atomic E-state index is -3.97. The quantitative estimate of drug-likeness (QED) is 0.440. The van der Waals surface area contributed by atoms with Crippen molar-refractivity contribution in [2.75, 3.05) is 10.0 Å². The Morgan fingerprint density at radius 2 is 1.66 bits per heavy atom. The van der Waals surface area contributed by atoms with Gasteiger partial charge in [-0.2, -0.15) is 5.10 Å². The molecule has 0 aliphatic heterocycles. The molecule has 1 heterocycles. The molecule has 2 N–H and O–H groups in total. The van der Waals surface area contributed by atoms with Crippen LogP contribution in [0.1, 0.15) is 10.4 Å². The van der Waals surface area contributed by atoms with E-state index in [0.29, 0.717) is 11.3 Å². The molecule has 0 aliphatic rings. The van der Waals surface area contributed by atoms with E-state index in [-0.39, 0.29) is 21.5 Å². The molecule has 0 spiro atoms. The van der Waals surface area contributed by atoms with Gasteiger partial charge in [-0.3, -0.25) is 9.52 Å². The monoisotopic (exact) mass is 471 g/mol. The SMILES string of the molecule is O=C(Nc1ccc(-n2cncn2)cc1)c1ccc(NS(=O)(=O)c2ccc(F)c(Cl)c2)cc1. The molecule has 0 unspecified atom stereocenters. The van der Waals surface area contributed by atoms with Gasteiger partial charge >= 0.3 is 0 Å². The summed E-state index contributed by atoms with van der Waals surface area (Å²) in [5.41, 5.74) is 1.94. The third kappa shape index (κ3) is 4.76. The average Bonchev–Trinajstić information content (AvgIpc) is 3.31. The van der Waals surface area contributed by atoms with E-state index in [1.54, 1.807) is 35.3 Å². The number of aromatic nitrogens is 3. The number of carbonyl (C=O) groups is 1. The van der Waals surface area contributed by atoms with Crippen LogP contribution in [0.4, 0.5) is 15.8 Å². The van der Waals surface area contributed by atoms with Crippen LogP contribution in [0.25, 0.3) is 5.69 Å².